The number of benzene rings is 1. The third kappa shape index (κ3) is 5.38. The summed E-state index contributed by atoms with van der Waals surface area (Å²) in [4.78, 5) is 16.4. The Labute approximate surface area is 139 Å². The lowest BCUT2D eigenvalue weighted by molar-refractivity contribution is -0.136. The molecule has 0 saturated carbocycles. The van der Waals surface area contributed by atoms with Crippen LogP contribution in [0.1, 0.15) is 12.5 Å². The van der Waals surface area contributed by atoms with Crippen LogP contribution in [0.4, 0.5) is 23.7 Å². The van der Waals surface area contributed by atoms with E-state index in [0.717, 1.165) is 38.8 Å². The Morgan fingerprint density at radius 3 is 2.38 bits per heavy atom. The van der Waals surface area contributed by atoms with Crippen molar-refractivity contribution in [2.75, 3.05) is 51.1 Å². The predicted molar refractivity (Wildman–Crippen MR) is 87.0 cm³/mol. The number of anilines is 1. The summed E-state index contributed by atoms with van der Waals surface area (Å²) in [5.74, 6) is 0. The maximum Gasteiger partial charge on any atom is 0.418 e. The van der Waals surface area contributed by atoms with E-state index in [1.54, 1.807) is 0 Å². The molecule has 0 spiro atoms. The van der Waals surface area contributed by atoms with Gasteiger partial charge in [0.1, 0.15) is 0 Å². The van der Waals surface area contributed by atoms with E-state index in [-0.39, 0.29) is 5.69 Å². The van der Waals surface area contributed by atoms with Gasteiger partial charge in [0.05, 0.1) is 11.3 Å². The fourth-order valence-electron chi connectivity index (χ4n) is 2.66. The summed E-state index contributed by atoms with van der Waals surface area (Å²) < 4.78 is 38.6. The van der Waals surface area contributed by atoms with Crippen molar-refractivity contribution in [2.24, 2.45) is 0 Å². The molecule has 2 rings (SSSR count). The molecule has 1 aliphatic rings. The van der Waals surface area contributed by atoms with Crippen molar-refractivity contribution in [3.63, 3.8) is 0 Å². The van der Waals surface area contributed by atoms with Gasteiger partial charge in [0.15, 0.2) is 0 Å². The van der Waals surface area contributed by atoms with E-state index >= 15 is 0 Å². The van der Waals surface area contributed by atoms with Crippen molar-refractivity contribution in [1.82, 2.24) is 15.1 Å². The summed E-state index contributed by atoms with van der Waals surface area (Å²) in [6.45, 7) is 8.12. The van der Waals surface area contributed by atoms with E-state index in [1.807, 2.05) is 0 Å². The molecule has 134 valence electrons. The molecule has 5 nitrogen and oxygen atoms in total. The number of rotatable bonds is 5. The maximum atomic E-state index is 12.9. The van der Waals surface area contributed by atoms with Crippen molar-refractivity contribution < 1.29 is 18.0 Å². The van der Waals surface area contributed by atoms with Gasteiger partial charge in [-0.15, -0.1) is 0 Å². The van der Waals surface area contributed by atoms with Gasteiger partial charge in [0.2, 0.25) is 0 Å². The highest BCUT2D eigenvalue weighted by atomic mass is 19.4. The smallest absolute Gasteiger partial charge is 0.337 e. The number of likely N-dealkylation sites (N-methyl/N-ethyl adjacent to an activating group) is 1. The van der Waals surface area contributed by atoms with Crippen LogP contribution in [0.15, 0.2) is 24.3 Å². The molecule has 0 aromatic heterocycles. The van der Waals surface area contributed by atoms with Crippen LogP contribution in [0.5, 0.6) is 0 Å². The molecular weight excluding hydrogens is 321 g/mol. The maximum absolute atomic E-state index is 12.9. The molecule has 1 saturated heterocycles. The lowest BCUT2D eigenvalue weighted by atomic mass is 10.1. The highest BCUT2D eigenvalue weighted by Gasteiger charge is 2.33. The van der Waals surface area contributed by atoms with Gasteiger partial charge in [-0.1, -0.05) is 19.1 Å². The number of nitrogens with one attached hydrogen (secondary N) is 2. The zero-order chi connectivity index (χ0) is 17.6. The van der Waals surface area contributed by atoms with Crippen LogP contribution in [0.2, 0.25) is 0 Å². The third-order valence-corrected chi connectivity index (χ3v) is 4.11. The van der Waals surface area contributed by atoms with Crippen LogP contribution in [-0.2, 0) is 6.18 Å². The average molecular weight is 344 g/mol. The number of nitrogens with zero attached hydrogens (tertiary/aromatic N) is 2. The minimum atomic E-state index is -4.50. The summed E-state index contributed by atoms with van der Waals surface area (Å²) in [5, 5.41) is 4.88. The second-order valence-electron chi connectivity index (χ2n) is 5.70. The zero-order valence-corrected chi connectivity index (χ0v) is 13.7. The van der Waals surface area contributed by atoms with Crippen LogP contribution >= 0.6 is 0 Å². The van der Waals surface area contributed by atoms with Crippen LogP contribution in [0, 0.1) is 0 Å². The Bertz CT molecular complexity index is 542. The first kappa shape index (κ1) is 18.5. The van der Waals surface area contributed by atoms with Crippen molar-refractivity contribution >= 4 is 11.7 Å². The lowest BCUT2D eigenvalue weighted by Crippen LogP contribution is -2.48. The normalized spacial score (nSPS) is 16.8. The second kappa shape index (κ2) is 8.34. The lowest BCUT2D eigenvalue weighted by Gasteiger charge is -2.33. The van der Waals surface area contributed by atoms with Crippen LogP contribution in [-0.4, -0.2) is 61.6 Å². The van der Waals surface area contributed by atoms with Gasteiger partial charge in [-0.3, -0.25) is 4.90 Å². The number of carbonyl (C=O) groups is 1. The Kier molecular flexibility index (Phi) is 6.44. The first-order chi connectivity index (χ1) is 11.4. The average Bonchev–Trinajstić information content (AvgIpc) is 2.55. The van der Waals surface area contributed by atoms with Crippen molar-refractivity contribution in [2.45, 2.75) is 13.1 Å². The molecule has 0 aliphatic carbocycles. The Hall–Kier alpha value is -1.80. The number of hydrogen-bond donors (Lipinski definition) is 2. The summed E-state index contributed by atoms with van der Waals surface area (Å²) in [7, 11) is 0. The number of carbonyl (C=O) groups excluding carboxylic acids is 1. The van der Waals surface area contributed by atoms with Crippen molar-refractivity contribution in [3.05, 3.63) is 29.8 Å². The van der Waals surface area contributed by atoms with Gasteiger partial charge in [-0.2, -0.15) is 13.2 Å². The van der Waals surface area contributed by atoms with E-state index in [1.165, 1.54) is 18.2 Å². The minimum absolute atomic E-state index is 0.237. The van der Waals surface area contributed by atoms with E-state index in [4.69, 9.17) is 0 Å². The summed E-state index contributed by atoms with van der Waals surface area (Å²) in [6.07, 6.45) is -4.50. The number of para-hydroxylation sites is 1. The molecule has 24 heavy (non-hydrogen) atoms. The van der Waals surface area contributed by atoms with Crippen molar-refractivity contribution in [1.29, 1.82) is 0 Å². The molecule has 1 heterocycles. The van der Waals surface area contributed by atoms with E-state index in [9.17, 15) is 18.0 Å². The quantitative estimate of drug-likeness (QED) is 0.863. The molecule has 8 heteroatoms. The number of halogens is 3. The molecule has 2 amide bonds. The molecule has 2 N–H and O–H groups in total. The van der Waals surface area contributed by atoms with Crippen molar-refractivity contribution in [3.8, 4) is 0 Å². The minimum Gasteiger partial charge on any atom is -0.337 e. The number of piperazine rings is 1. The zero-order valence-electron chi connectivity index (χ0n) is 13.7. The predicted octanol–water partition coefficient (Wildman–Crippen LogP) is 2.46. The monoisotopic (exact) mass is 344 g/mol. The van der Waals surface area contributed by atoms with Gasteiger partial charge >= 0.3 is 12.2 Å². The molecule has 1 aromatic carbocycles. The standard InChI is InChI=1S/C16H23F3N4O/c1-2-22-9-11-23(12-10-22)8-7-20-15(24)21-14-6-4-3-5-13(14)16(17,18)19/h3-6H,2,7-12H2,1H3,(H2,20,21,24). The molecule has 0 unspecified atom stereocenters. The van der Waals surface area contributed by atoms with Gasteiger partial charge in [-0.25, -0.2) is 4.79 Å². The first-order valence-corrected chi connectivity index (χ1v) is 8.06. The van der Waals surface area contributed by atoms with Gasteiger partial charge in [-0.05, 0) is 18.7 Å². The molecule has 1 aromatic rings. The Morgan fingerprint density at radius 1 is 1.12 bits per heavy atom. The Balaban J connectivity index is 1.76. The van der Waals surface area contributed by atoms with E-state index < -0.39 is 17.8 Å². The Morgan fingerprint density at radius 2 is 1.75 bits per heavy atom. The molecule has 1 aliphatic heterocycles. The number of urea groups is 1. The highest BCUT2D eigenvalue weighted by molar-refractivity contribution is 5.90. The topological polar surface area (TPSA) is 47.6 Å². The molecule has 0 atom stereocenters. The highest BCUT2D eigenvalue weighted by Crippen LogP contribution is 2.34. The fraction of sp³-hybridized carbons (Fsp3) is 0.562. The number of hydrogen-bond acceptors (Lipinski definition) is 3. The van der Waals surface area contributed by atoms with Crippen LogP contribution < -0.4 is 10.6 Å². The first-order valence-electron chi connectivity index (χ1n) is 8.06. The number of amides is 2. The summed E-state index contributed by atoms with van der Waals surface area (Å²) in [6, 6.07) is 4.31. The molecule has 0 bridgehead atoms. The van der Waals surface area contributed by atoms with E-state index in [0.29, 0.717) is 13.1 Å². The number of alkyl halides is 3. The largest absolute Gasteiger partial charge is 0.418 e. The van der Waals surface area contributed by atoms with Crippen LogP contribution in [0.25, 0.3) is 0 Å². The molecule has 1 fully saturated rings. The van der Waals surface area contributed by atoms with Gasteiger partial charge in [0.25, 0.3) is 0 Å². The SMILES string of the molecule is CCN1CCN(CCNC(=O)Nc2ccccc2C(F)(F)F)CC1. The van der Waals surface area contributed by atoms with E-state index in [2.05, 4.69) is 27.4 Å². The third-order valence-electron chi connectivity index (χ3n) is 4.11. The second-order valence-corrected chi connectivity index (χ2v) is 5.70. The van der Waals surface area contributed by atoms with Gasteiger partial charge < -0.3 is 15.5 Å². The fourth-order valence-corrected chi connectivity index (χ4v) is 2.66. The van der Waals surface area contributed by atoms with Gasteiger partial charge in [0, 0.05) is 39.3 Å². The molecular formula is C16H23F3N4O. The summed E-state index contributed by atoms with van der Waals surface area (Å²) in [5.41, 5.74) is -1.09. The molecule has 0 radical (unpaired) electrons. The summed E-state index contributed by atoms with van der Waals surface area (Å²) >= 11 is 0. The van der Waals surface area contributed by atoms with Crippen LogP contribution in [0.3, 0.4) is 0 Å².